The number of carboxylic acid groups (broad SMARTS) is 1. The summed E-state index contributed by atoms with van der Waals surface area (Å²) in [5.74, 6) is -4.94. The van der Waals surface area contributed by atoms with Gasteiger partial charge in [0.25, 0.3) is 5.91 Å². The molecule has 0 saturated heterocycles. The molecule has 0 aliphatic rings. The lowest BCUT2D eigenvalue weighted by Gasteiger charge is -2.08. The first-order valence-corrected chi connectivity index (χ1v) is 6.75. The van der Waals surface area contributed by atoms with E-state index >= 15 is 0 Å². The molecule has 7 heteroatoms. The second-order valence-electron chi connectivity index (χ2n) is 4.08. The Morgan fingerprint density at radius 1 is 1.00 bits per heavy atom. The van der Waals surface area contributed by atoms with Crippen molar-refractivity contribution in [3.63, 3.8) is 0 Å². The van der Waals surface area contributed by atoms with Gasteiger partial charge in [-0.25, -0.2) is 13.6 Å². The number of anilines is 1. The Morgan fingerprint density at radius 2 is 1.52 bits per heavy atom. The molecule has 0 bridgehead atoms. The van der Waals surface area contributed by atoms with Crippen LogP contribution in [0.25, 0.3) is 0 Å². The first-order valence-electron chi connectivity index (χ1n) is 5.67. The first-order chi connectivity index (χ1) is 9.88. The van der Waals surface area contributed by atoms with Gasteiger partial charge in [-0.05, 0) is 59.0 Å². The Bertz CT molecular complexity index is 717. The molecule has 108 valence electrons. The summed E-state index contributed by atoms with van der Waals surface area (Å²) < 4.78 is 27.3. The van der Waals surface area contributed by atoms with E-state index in [9.17, 15) is 18.4 Å². The lowest BCUT2D eigenvalue weighted by atomic mass is 10.1. The number of benzene rings is 2. The molecule has 4 nitrogen and oxygen atoms in total. The number of hydrogen-bond acceptors (Lipinski definition) is 2. The predicted molar refractivity (Wildman–Crippen MR) is 80.4 cm³/mol. The van der Waals surface area contributed by atoms with Gasteiger partial charge in [0.15, 0.2) is 11.6 Å². The van der Waals surface area contributed by atoms with E-state index in [0.717, 1.165) is 3.57 Å². The number of amides is 1. The molecule has 2 N–H and O–H groups in total. The van der Waals surface area contributed by atoms with E-state index in [-0.39, 0.29) is 0 Å². The van der Waals surface area contributed by atoms with Gasteiger partial charge in [0.05, 0.1) is 11.1 Å². The Morgan fingerprint density at radius 3 is 2.05 bits per heavy atom. The van der Waals surface area contributed by atoms with Crippen LogP contribution in [-0.2, 0) is 0 Å². The zero-order chi connectivity index (χ0) is 15.6. The van der Waals surface area contributed by atoms with Gasteiger partial charge >= 0.3 is 5.97 Å². The Labute approximate surface area is 131 Å². The smallest absolute Gasteiger partial charge is 0.336 e. The standard InChI is InChI=1S/C14H8F2INO3/c15-11-5-9(10(14(20)21)6-12(11)16)13(19)18-8-3-1-7(17)2-4-8/h1-6H,(H,18,19)(H,20,21). The van der Waals surface area contributed by atoms with Crippen molar-refractivity contribution in [1.82, 2.24) is 0 Å². The number of aromatic carboxylic acids is 1. The average Bonchev–Trinajstić information content (AvgIpc) is 2.43. The minimum atomic E-state index is -1.51. The number of nitrogens with one attached hydrogen (secondary N) is 1. The van der Waals surface area contributed by atoms with Gasteiger partial charge in [0.2, 0.25) is 0 Å². The fourth-order valence-electron chi connectivity index (χ4n) is 1.64. The molecule has 0 aliphatic carbocycles. The van der Waals surface area contributed by atoms with E-state index in [4.69, 9.17) is 5.11 Å². The zero-order valence-corrected chi connectivity index (χ0v) is 12.5. The summed E-state index contributed by atoms with van der Waals surface area (Å²) in [5, 5.41) is 11.4. The van der Waals surface area contributed by atoms with E-state index in [0.29, 0.717) is 17.8 Å². The third-order valence-electron chi connectivity index (χ3n) is 2.64. The van der Waals surface area contributed by atoms with Crippen molar-refractivity contribution in [2.75, 3.05) is 5.32 Å². The minimum absolute atomic E-state index is 0.418. The molecule has 0 atom stereocenters. The molecule has 2 aromatic rings. The fourth-order valence-corrected chi connectivity index (χ4v) is 2.00. The number of carboxylic acids is 1. The molecule has 2 aromatic carbocycles. The highest BCUT2D eigenvalue weighted by molar-refractivity contribution is 14.1. The number of rotatable bonds is 3. The molecular weight excluding hydrogens is 395 g/mol. The van der Waals surface area contributed by atoms with E-state index in [1.165, 1.54) is 0 Å². The highest BCUT2D eigenvalue weighted by Crippen LogP contribution is 2.18. The maximum Gasteiger partial charge on any atom is 0.336 e. The molecule has 0 unspecified atom stereocenters. The first kappa shape index (κ1) is 15.4. The molecular formula is C14H8F2INO3. The maximum absolute atomic E-state index is 13.2. The van der Waals surface area contributed by atoms with Crippen LogP contribution in [0.4, 0.5) is 14.5 Å². The monoisotopic (exact) mass is 403 g/mol. The van der Waals surface area contributed by atoms with E-state index in [1.807, 2.05) is 0 Å². The van der Waals surface area contributed by atoms with Gasteiger partial charge in [-0.1, -0.05) is 0 Å². The second kappa shape index (κ2) is 6.17. The molecule has 0 spiro atoms. The summed E-state index contributed by atoms with van der Waals surface area (Å²) in [6.45, 7) is 0. The highest BCUT2D eigenvalue weighted by atomic mass is 127. The Kier molecular flexibility index (Phi) is 4.51. The predicted octanol–water partition coefficient (Wildman–Crippen LogP) is 3.52. The topological polar surface area (TPSA) is 66.4 Å². The molecule has 0 aliphatic heterocycles. The van der Waals surface area contributed by atoms with Crippen molar-refractivity contribution >= 4 is 40.2 Å². The zero-order valence-electron chi connectivity index (χ0n) is 10.4. The summed E-state index contributed by atoms with van der Waals surface area (Å²) in [5.41, 5.74) is -0.627. The van der Waals surface area contributed by atoms with Crippen molar-refractivity contribution in [3.8, 4) is 0 Å². The van der Waals surface area contributed by atoms with Crippen LogP contribution in [0.5, 0.6) is 0 Å². The third-order valence-corrected chi connectivity index (χ3v) is 3.36. The minimum Gasteiger partial charge on any atom is -0.478 e. The fraction of sp³-hybridized carbons (Fsp3) is 0. The van der Waals surface area contributed by atoms with Crippen molar-refractivity contribution in [2.24, 2.45) is 0 Å². The van der Waals surface area contributed by atoms with Gasteiger partial charge in [0, 0.05) is 9.26 Å². The van der Waals surface area contributed by atoms with Gasteiger partial charge in [-0.3, -0.25) is 4.79 Å². The molecule has 0 heterocycles. The number of hydrogen-bond donors (Lipinski definition) is 2. The lowest BCUT2D eigenvalue weighted by molar-refractivity contribution is 0.0691. The third kappa shape index (κ3) is 3.54. The van der Waals surface area contributed by atoms with Crippen molar-refractivity contribution in [2.45, 2.75) is 0 Å². The normalized spacial score (nSPS) is 10.2. The van der Waals surface area contributed by atoms with Crippen LogP contribution in [0.15, 0.2) is 36.4 Å². The Hall–Kier alpha value is -2.03. The van der Waals surface area contributed by atoms with Gasteiger partial charge in [-0.2, -0.15) is 0 Å². The molecule has 21 heavy (non-hydrogen) atoms. The van der Waals surface area contributed by atoms with Crippen LogP contribution >= 0.6 is 22.6 Å². The molecule has 0 fully saturated rings. The summed E-state index contributed by atoms with van der Waals surface area (Å²) >= 11 is 2.08. The van der Waals surface area contributed by atoms with E-state index in [1.54, 1.807) is 24.3 Å². The number of carbonyl (C=O) groups excluding carboxylic acids is 1. The van der Waals surface area contributed by atoms with Gasteiger partial charge in [-0.15, -0.1) is 0 Å². The van der Waals surface area contributed by atoms with Crippen LogP contribution in [0.1, 0.15) is 20.7 Å². The quantitative estimate of drug-likeness (QED) is 0.771. The van der Waals surface area contributed by atoms with Gasteiger partial charge in [0.1, 0.15) is 0 Å². The van der Waals surface area contributed by atoms with Crippen molar-refractivity contribution in [1.29, 1.82) is 0 Å². The van der Waals surface area contributed by atoms with Crippen LogP contribution in [0, 0.1) is 15.2 Å². The molecule has 0 aromatic heterocycles. The van der Waals surface area contributed by atoms with Gasteiger partial charge < -0.3 is 10.4 Å². The molecule has 0 saturated carbocycles. The lowest BCUT2D eigenvalue weighted by Crippen LogP contribution is -2.17. The SMILES string of the molecule is O=C(O)c1cc(F)c(F)cc1C(=O)Nc1ccc(I)cc1. The summed E-state index contributed by atoms with van der Waals surface area (Å²) in [4.78, 5) is 23.0. The average molecular weight is 403 g/mol. The highest BCUT2D eigenvalue weighted by Gasteiger charge is 2.20. The van der Waals surface area contributed by atoms with Crippen LogP contribution < -0.4 is 5.32 Å². The van der Waals surface area contributed by atoms with Crippen LogP contribution in [-0.4, -0.2) is 17.0 Å². The number of halogens is 3. The molecule has 0 radical (unpaired) electrons. The van der Waals surface area contributed by atoms with Crippen LogP contribution in [0.3, 0.4) is 0 Å². The molecule has 1 amide bonds. The summed E-state index contributed by atoms with van der Waals surface area (Å²) in [7, 11) is 0. The Balaban J connectivity index is 2.36. The largest absolute Gasteiger partial charge is 0.478 e. The second-order valence-corrected chi connectivity index (χ2v) is 5.32. The molecule has 2 rings (SSSR count). The number of carbonyl (C=O) groups is 2. The van der Waals surface area contributed by atoms with Crippen LogP contribution in [0.2, 0.25) is 0 Å². The van der Waals surface area contributed by atoms with Crippen molar-refractivity contribution < 1.29 is 23.5 Å². The maximum atomic E-state index is 13.2. The van der Waals surface area contributed by atoms with E-state index in [2.05, 4.69) is 27.9 Å². The van der Waals surface area contributed by atoms with E-state index < -0.39 is 34.6 Å². The summed E-state index contributed by atoms with van der Waals surface area (Å²) in [6, 6.07) is 7.75. The summed E-state index contributed by atoms with van der Waals surface area (Å²) in [6.07, 6.45) is 0. The van der Waals surface area contributed by atoms with Crippen molar-refractivity contribution in [3.05, 3.63) is 62.7 Å².